The number of rotatable bonds is 4. The van der Waals surface area contributed by atoms with Crippen LogP contribution in [-0.4, -0.2) is 10.1 Å². The number of fused-ring (bicyclic) bond motifs is 2. The summed E-state index contributed by atoms with van der Waals surface area (Å²) in [6.45, 7) is 0.595. The van der Waals surface area contributed by atoms with Crippen molar-refractivity contribution in [1.29, 1.82) is 0 Å². The summed E-state index contributed by atoms with van der Waals surface area (Å²) in [5.74, 6) is 3.87. The summed E-state index contributed by atoms with van der Waals surface area (Å²) in [5, 5.41) is 7.51. The quantitative estimate of drug-likeness (QED) is 0.921. The molecule has 1 aromatic carbocycles. The Labute approximate surface area is 118 Å². The van der Waals surface area contributed by atoms with Gasteiger partial charge < -0.3 is 9.84 Å². The van der Waals surface area contributed by atoms with E-state index in [2.05, 4.69) is 15.5 Å². The third-order valence-electron chi connectivity index (χ3n) is 4.77. The number of para-hydroxylation sites is 1. The van der Waals surface area contributed by atoms with Crippen LogP contribution in [0.15, 0.2) is 34.9 Å². The largest absolute Gasteiger partial charge is 0.376 e. The number of aromatic nitrogens is 2. The molecule has 1 N–H and O–H groups in total. The van der Waals surface area contributed by atoms with E-state index >= 15 is 0 Å². The van der Waals surface area contributed by atoms with Gasteiger partial charge in [-0.2, -0.15) is 4.98 Å². The molecule has 20 heavy (non-hydrogen) atoms. The zero-order valence-corrected chi connectivity index (χ0v) is 11.5. The van der Waals surface area contributed by atoms with Gasteiger partial charge in [0.25, 0.3) is 0 Å². The highest BCUT2D eigenvalue weighted by Gasteiger charge is 2.42. The Morgan fingerprint density at radius 3 is 2.80 bits per heavy atom. The van der Waals surface area contributed by atoms with E-state index in [0.29, 0.717) is 18.4 Å². The first-order valence-corrected chi connectivity index (χ1v) is 7.50. The number of nitrogens with zero attached hydrogens (tertiary/aromatic N) is 2. The van der Waals surface area contributed by atoms with Crippen LogP contribution in [0.1, 0.15) is 43.3 Å². The van der Waals surface area contributed by atoms with Crippen molar-refractivity contribution in [2.24, 2.45) is 11.8 Å². The van der Waals surface area contributed by atoms with Gasteiger partial charge in [0, 0.05) is 11.6 Å². The first-order valence-electron chi connectivity index (χ1n) is 7.50. The predicted molar refractivity (Wildman–Crippen MR) is 76.3 cm³/mol. The Morgan fingerprint density at radius 2 is 2.05 bits per heavy atom. The van der Waals surface area contributed by atoms with Crippen molar-refractivity contribution in [3.05, 3.63) is 42.0 Å². The molecule has 2 aliphatic rings. The Bertz CT molecular complexity index is 580. The van der Waals surface area contributed by atoms with E-state index < -0.39 is 0 Å². The van der Waals surface area contributed by atoms with Crippen LogP contribution in [0, 0.1) is 11.8 Å². The summed E-state index contributed by atoms with van der Waals surface area (Å²) < 4.78 is 5.38. The zero-order chi connectivity index (χ0) is 13.4. The predicted octanol–water partition coefficient (Wildman–Crippen LogP) is 3.59. The summed E-state index contributed by atoms with van der Waals surface area (Å²) >= 11 is 0. The van der Waals surface area contributed by atoms with Crippen molar-refractivity contribution in [2.75, 3.05) is 5.32 Å². The molecule has 2 bridgehead atoms. The first kappa shape index (κ1) is 11.9. The van der Waals surface area contributed by atoms with Gasteiger partial charge in [-0.3, -0.25) is 0 Å². The molecular formula is C16H19N3O. The molecule has 3 atom stereocenters. The van der Waals surface area contributed by atoms with Crippen molar-refractivity contribution in [3.8, 4) is 0 Å². The van der Waals surface area contributed by atoms with Gasteiger partial charge in [0.2, 0.25) is 5.89 Å². The Hall–Kier alpha value is -1.84. The molecule has 1 heterocycles. The van der Waals surface area contributed by atoms with Gasteiger partial charge in [-0.25, -0.2) is 0 Å². The number of hydrogen-bond donors (Lipinski definition) is 1. The monoisotopic (exact) mass is 269 g/mol. The lowest BCUT2D eigenvalue weighted by atomic mass is 9.88. The van der Waals surface area contributed by atoms with E-state index in [1.807, 2.05) is 30.3 Å². The summed E-state index contributed by atoms with van der Waals surface area (Å²) in [6, 6.07) is 10.1. The van der Waals surface area contributed by atoms with Gasteiger partial charge >= 0.3 is 0 Å². The molecule has 4 nitrogen and oxygen atoms in total. The number of anilines is 1. The molecule has 2 fully saturated rings. The van der Waals surface area contributed by atoms with Crippen molar-refractivity contribution in [1.82, 2.24) is 10.1 Å². The summed E-state index contributed by atoms with van der Waals surface area (Å²) in [5.41, 5.74) is 1.08. The highest BCUT2D eigenvalue weighted by atomic mass is 16.5. The Balaban J connectivity index is 1.41. The number of nitrogens with one attached hydrogen (secondary N) is 1. The van der Waals surface area contributed by atoms with E-state index in [9.17, 15) is 0 Å². The molecule has 0 saturated heterocycles. The van der Waals surface area contributed by atoms with Crippen molar-refractivity contribution < 1.29 is 4.52 Å². The Morgan fingerprint density at radius 1 is 1.15 bits per heavy atom. The molecule has 3 unspecified atom stereocenters. The van der Waals surface area contributed by atoms with E-state index in [1.54, 1.807) is 0 Å². The second-order valence-electron chi connectivity index (χ2n) is 6.05. The van der Waals surface area contributed by atoms with Gasteiger partial charge in [0.15, 0.2) is 5.82 Å². The van der Waals surface area contributed by atoms with Gasteiger partial charge in [0.1, 0.15) is 0 Å². The van der Waals surface area contributed by atoms with E-state index in [0.717, 1.165) is 23.3 Å². The van der Waals surface area contributed by atoms with Crippen molar-refractivity contribution in [3.63, 3.8) is 0 Å². The third kappa shape index (κ3) is 2.19. The minimum atomic E-state index is 0.544. The average molecular weight is 269 g/mol. The molecule has 0 radical (unpaired) electrons. The molecule has 2 saturated carbocycles. The fourth-order valence-electron chi connectivity index (χ4n) is 3.79. The second-order valence-corrected chi connectivity index (χ2v) is 6.05. The van der Waals surface area contributed by atoms with Gasteiger partial charge in [-0.15, -0.1) is 0 Å². The maximum Gasteiger partial charge on any atom is 0.245 e. The molecule has 2 aromatic rings. The molecule has 0 amide bonds. The molecule has 2 aliphatic carbocycles. The van der Waals surface area contributed by atoms with Crippen LogP contribution in [0.25, 0.3) is 0 Å². The number of hydrogen-bond acceptors (Lipinski definition) is 4. The van der Waals surface area contributed by atoms with Crippen LogP contribution in [0.3, 0.4) is 0 Å². The van der Waals surface area contributed by atoms with Crippen molar-refractivity contribution in [2.45, 2.75) is 38.1 Å². The van der Waals surface area contributed by atoms with Crippen LogP contribution in [-0.2, 0) is 6.54 Å². The average Bonchev–Trinajstić information content (AvgIpc) is 3.22. The maximum atomic E-state index is 5.38. The lowest BCUT2D eigenvalue weighted by Gasteiger charge is -2.17. The van der Waals surface area contributed by atoms with Crippen molar-refractivity contribution >= 4 is 5.69 Å². The summed E-state index contributed by atoms with van der Waals surface area (Å²) in [6.07, 6.45) is 5.38. The van der Waals surface area contributed by atoms with E-state index in [-0.39, 0.29) is 0 Å². The molecule has 4 rings (SSSR count). The lowest BCUT2D eigenvalue weighted by Crippen LogP contribution is -2.10. The third-order valence-corrected chi connectivity index (χ3v) is 4.77. The molecule has 0 spiro atoms. The van der Waals surface area contributed by atoms with E-state index in [4.69, 9.17) is 4.52 Å². The van der Waals surface area contributed by atoms with Gasteiger partial charge in [-0.1, -0.05) is 29.8 Å². The fourth-order valence-corrected chi connectivity index (χ4v) is 3.79. The molecule has 1 aromatic heterocycles. The standard InChI is InChI=1S/C16H19N3O/c1-2-4-13(5-3-1)17-10-15-18-16(19-20-15)14-9-11-6-7-12(14)8-11/h1-5,11-12,14,17H,6-10H2. The van der Waals surface area contributed by atoms with Crippen LogP contribution in [0.4, 0.5) is 5.69 Å². The highest BCUT2D eigenvalue weighted by molar-refractivity contribution is 5.42. The van der Waals surface area contributed by atoms with Gasteiger partial charge in [-0.05, 0) is 43.2 Å². The second kappa shape index (κ2) is 4.93. The van der Waals surface area contributed by atoms with E-state index in [1.165, 1.54) is 25.7 Å². The SMILES string of the molecule is c1ccc(NCc2nc(C3CC4CCC3C4)no2)cc1. The minimum Gasteiger partial charge on any atom is -0.376 e. The fraction of sp³-hybridized carbons (Fsp3) is 0.500. The molecule has 0 aliphatic heterocycles. The smallest absolute Gasteiger partial charge is 0.245 e. The number of benzene rings is 1. The van der Waals surface area contributed by atoms with Crippen LogP contribution in [0.5, 0.6) is 0 Å². The lowest BCUT2D eigenvalue weighted by molar-refractivity contribution is 0.354. The summed E-state index contributed by atoms with van der Waals surface area (Å²) in [7, 11) is 0. The van der Waals surface area contributed by atoms with Crippen LogP contribution < -0.4 is 5.32 Å². The normalized spacial score (nSPS) is 27.9. The molecule has 104 valence electrons. The zero-order valence-electron chi connectivity index (χ0n) is 11.5. The maximum absolute atomic E-state index is 5.38. The Kier molecular flexibility index (Phi) is 2.94. The minimum absolute atomic E-state index is 0.544. The van der Waals surface area contributed by atoms with Crippen LogP contribution >= 0.6 is 0 Å². The summed E-state index contributed by atoms with van der Waals surface area (Å²) in [4.78, 5) is 4.59. The molecule has 4 heteroatoms. The molecular weight excluding hydrogens is 250 g/mol. The van der Waals surface area contributed by atoms with Gasteiger partial charge in [0.05, 0.1) is 6.54 Å². The topological polar surface area (TPSA) is 51.0 Å². The first-order chi connectivity index (χ1) is 9.88. The van der Waals surface area contributed by atoms with Crippen LogP contribution in [0.2, 0.25) is 0 Å². The highest BCUT2D eigenvalue weighted by Crippen LogP contribution is 2.52.